The molecule has 96 valence electrons. The number of rotatable bonds is 3. The predicted molar refractivity (Wildman–Crippen MR) is 68.9 cm³/mol. The first-order valence-corrected chi connectivity index (χ1v) is 6.49. The first kappa shape index (κ1) is 12.8. The monoisotopic (exact) mass is 265 g/mol. The summed E-state index contributed by atoms with van der Waals surface area (Å²) in [5.41, 5.74) is -0.420. The molecule has 2 rings (SSSR count). The van der Waals surface area contributed by atoms with Gasteiger partial charge in [0.05, 0.1) is 11.4 Å². The second-order valence-electron chi connectivity index (χ2n) is 4.92. The van der Waals surface area contributed by atoms with Crippen LogP contribution in [-0.2, 0) is 11.3 Å². The van der Waals surface area contributed by atoms with Crippen molar-refractivity contribution in [2.24, 2.45) is 5.41 Å². The maximum Gasteiger partial charge on any atom is 0.246 e. The maximum atomic E-state index is 11.7. The van der Waals surface area contributed by atoms with E-state index in [2.05, 4.69) is 15.5 Å². The molecule has 18 heavy (non-hydrogen) atoms. The molecule has 0 saturated carbocycles. The van der Waals surface area contributed by atoms with Crippen LogP contribution >= 0.6 is 11.3 Å². The quantitative estimate of drug-likeness (QED) is 0.925. The Morgan fingerprint density at radius 2 is 2.28 bits per heavy atom. The van der Waals surface area contributed by atoms with E-state index in [9.17, 15) is 4.79 Å². The van der Waals surface area contributed by atoms with E-state index in [4.69, 9.17) is 4.52 Å². The zero-order valence-electron chi connectivity index (χ0n) is 10.6. The van der Waals surface area contributed by atoms with Crippen molar-refractivity contribution in [2.75, 3.05) is 0 Å². The minimum Gasteiger partial charge on any atom is -0.347 e. The van der Waals surface area contributed by atoms with Crippen LogP contribution < -0.4 is 5.32 Å². The summed E-state index contributed by atoms with van der Waals surface area (Å²) in [5, 5.41) is 8.59. The summed E-state index contributed by atoms with van der Waals surface area (Å²) in [5.74, 6) is 0.930. The third-order valence-corrected chi connectivity index (χ3v) is 3.16. The van der Waals surface area contributed by atoms with Gasteiger partial charge in [0.15, 0.2) is 0 Å². The fraction of sp³-hybridized carbons (Fsp3) is 0.417. The number of carbonyl (C=O) groups excluding carboxylic acids is 1. The Kier molecular flexibility index (Phi) is 3.47. The van der Waals surface area contributed by atoms with Crippen LogP contribution in [0, 0.1) is 5.41 Å². The van der Waals surface area contributed by atoms with Gasteiger partial charge >= 0.3 is 0 Å². The lowest BCUT2D eigenvalue weighted by atomic mass is 9.96. The molecule has 1 amide bonds. The Bertz CT molecular complexity index is 526. The highest BCUT2D eigenvalue weighted by atomic mass is 32.1. The molecule has 0 aliphatic heterocycles. The molecule has 0 radical (unpaired) electrons. The molecule has 0 unspecified atom stereocenters. The van der Waals surface area contributed by atoms with Crippen LogP contribution in [0.1, 0.15) is 26.7 Å². The van der Waals surface area contributed by atoms with Gasteiger partial charge in [-0.25, -0.2) is 0 Å². The topological polar surface area (TPSA) is 68.0 Å². The van der Waals surface area contributed by atoms with Crippen molar-refractivity contribution in [1.82, 2.24) is 15.5 Å². The van der Waals surface area contributed by atoms with Gasteiger partial charge in [0.2, 0.25) is 17.6 Å². The lowest BCUT2D eigenvalue weighted by Gasteiger charge is -2.16. The van der Waals surface area contributed by atoms with E-state index < -0.39 is 5.41 Å². The molecular weight excluding hydrogens is 250 g/mol. The Hall–Kier alpha value is -1.69. The van der Waals surface area contributed by atoms with Gasteiger partial charge in [0.1, 0.15) is 0 Å². The highest BCUT2D eigenvalue weighted by Gasteiger charge is 2.21. The van der Waals surface area contributed by atoms with Crippen LogP contribution in [0.15, 0.2) is 22.0 Å². The van der Waals surface area contributed by atoms with E-state index in [1.807, 2.05) is 38.3 Å². The van der Waals surface area contributed by atoms with Gasteiger partial charge < -0.3 is 9.84 Å². The summed E-state index contributed by atoms with van der Waals surface area (Å²) in [7, 11) is 0. The van der Waals surface area contributed by atoms with Crippen LogP contribution in [0.25, 0.3) is 10.7 Å². The number of carbonyl (C=O) groups is 1. The van der Waals surface area contributed by atoms with E-state index in [0.717, 1.165) is 4.88 Å². The number of hydrogen-bond acceptors (Lipinski definition) is 5. The van der Waals surface area contributed by atoms with Crippen LogP contribution in [0.3, 0.4) is 0 Å². The van der Waals surface area contributed by atoms with Crippen LogP contribution in [0.4, 0.5) is 0 Å². The SMILES string of the molecule is CC(C)(C)C(=O)NCc1nc(-c2cccs2)no1. The van der Waals surface area contributed by atoms with Crippen LogP contribution in [0.2, 0.25) is 0 Å². The van der Waals surface area contributed by atoms with Crippen LogP contribution in [-0.4, -0.2) is 16.0 Å². The summed E-state index contributed by atoms with van der Waals surface area (Å²) in [4.78, 5) is 16.9. The third-order valence-electron chi connectivity index (χ3n) is 2.29. The molecule has 0 atom stereocenters. The Labute approximate surface area is 109 Å². The number of nitrogens with one attached hydrogen (secondary N) is 1. The summed E-state index contributed by atoms with van der Waals surface area (Å²) in [6.07, 6.45) is 0. The standard InChI is InChI=1S/C12H15N3O2S/c1-12(2,3)11(16)13-7-9-14-10(15-17-9)8-5-4-6-18-8/h4-6H,7H2,1-3H3,(H,13,16). The molecule has 0 bridgehead atoms. The Morgan fingerprint density at radius 1 is 1.50 bits per heavy atom. The van der Waals surface area contributed by atoms with E-state index in [0.29, 0.717) is 11.7 Å². The van der Waals surface area contributed by atoms with Crippen molar-refractivity contribution in [3.05, 3.63) is 23.4 Å². The van der Waals surface area contributed by atoms with Gasteiger partial charge in [-0.05, 0) is 11.4 Å². The number of nitrogens with zero attached hydrogens (tertiary/aromatic N) is 2. The van der Waals surface area contributed by atoms with E-state index in [1.165, 1.54) is 0 Å². The molecule has 2 aromatic rings. The van der Waals surface area contributed by atoms with Crippen molar-refractivity contribution in [1.29, 1.82) is 0 Å². The number of thiophene rings is 1. The third kappa shape index (κ3) is 2.95. The van der Waals surface area contributed by atoms with Gasteiger partial charge in [-0.1, -0.05) is 32.0 Å². The van der Waals surface area contributed by atoms with E-state index in [1.54, 1.807) is 11.3 Å². The van der Waals surface area contributed by atoms with Crippen LogP contribution in [0.5, 0.6) is 0 Å². The first-order chi connectivity index (χ1) is 8.47. The van der Waals surface area contributed by atoms with Crippen molar-refractivity contribution in [3.8, 4) is 10.7 Å². The zero-order chi connectivity index (χ0) is 13.2. The summed E-state index contributed by atoms with van der Waals surface area (Å²) in [6.45, 7) is 5.82. The normalized spacial score (nSPS) is 11.5. The fourth-order valence-electron chi connectivity index (χ4n) is 1.25. The molecule has 0 aromatic carbocycles. The molecule has 0 spiro atoms. The molecule has 0 aliphatic carbocycles. The molecule has 5 nitrogen and oxygen atoms in total. The second-order valence-corrected chi connectivity index (χ2v) is 5.87. The van der Waals surface area contributed by atoms with E-state index >= 15 is 0 Å². The van der Waals surface area contributed by atoms with Gasteiger partial charge in [-0.2, -0.15) is 4.98 Å². The van der Waals surface area contributed by atoms with Gasteiger partial charge in [-0.15, -0.1) is 11.3 Å². The molecule has 6 heteroatoms. The summed E-state index contributed by atoms with van der Waals surface area (Å²) >= 11 is 1.55. The van der Waals surface area contributed by atoms with Gasteiger partial charge in [0, 0.05) is 5.41 Å². The van der Waals surface area contributed by atoms with E-state index in [-0.39, 0.29) is 12.5 Å². The Morgan fingerprint density at radius 3 is 2.89 bits per heavy atom. The molecule has 2 heterocycles. The average molecular weight is 265 g/mol. The van der Waals surface area contributed by atoms with Crippen molar-refractivity contribution < 1.29 is 9.32 Å². The number of amides is 1. The lowest BCUT2D eigenvalue weighted by molar-refractivity contribution is -0.128. The number of hydrogen-bond donors (Lipinski definition) is 1. The largest absolute Gasteiger partial charge is 0.347 e. The second kappa shape index (κ2) is 4.89. The lowest BCUT2D eigenvalue weighted by Crippen LogP contribution is -2.34. The molecule has 0 aliphatic rings. The highest BCUT2D eigenvalue weighted by molar-refractivity contribution is 7.13. The summed E-state index contributed by atoms with van der Waals surface area (Å²) < 4.78 is 5.08. The highest BCUT2D eigenvalue weighted by Crippen LogP contribution is 2.21. The zero-order valence-corrected chi connectivity index (χ0v) is 11.4. The van der Waals surface area contributed by atoms with Gasteiger partial charge in [0.25, 0.3) is 0 Å². The minimum absolute atomic E-state index is 0.0432. The van der Waals surface area contributed by atoms with Crippen molar-refractivity contribution in [2.45, 2.75) is 27.3 Å². The van der Waals surface area contributed by atoms with Crippen molar-refractivity contribution in [3.63, 3.8) is 0 Å². The maximum absolute atomic E-state index is 11.7. The fourth-order valence-corrected chi connectivity index (χ4v) is 1.90. The average Bonchev–Trinajstić information content (AvgIpc) is 2.94. The van der Waals surface area contributed by atoms with Gasteiger partial charge in [-0.3, -0.25) is 4.79 Å². The molecule has 2 aromatic heterocycles. The molecule has 0 saturated heterocycles. The molecular formula is C12H15N3O2S. The summed E-state index contributed by atoms with van der Waals surface area (Å²) in [6, 6.07) is 3.85. The smallest absolute Gasteiger partial charge is 0.246 e. The minimum atomic E-state index is -0.420. The number of aromatic nitrogens is 2. The molecule has 1 N–H and O–H groups in total. The first-order valence-electron chi connectivity index (χ1n) is 5.61. The Balaban J connectivity index is 1.98. The predicted octanol–water partition coefficient (Wildman–Crippen LogP) is 2.46. The van der Waals surface area contributed by atoms with Crippen molar-refractivity contribution >= 4 is 17.2 Å². The molecule has 0 fully saturated rings.